The van der Waals surface area contributed by atoms with Gasteiger partial charge in [0.2, 0.25) is 15.9 Å². The van der Waals surface area contributed by atoms with E-state index in [1.165, 1.54) is 38.0 Å². The Bertz CT molecular complexity index is 851. The van der Waals surface area contributed by atoms with E-state index in [-0.39, 0.29) is 16.6 Å². The monoisotopic (exact) mass is 380 g/mol. The molecule has 0 saturated heterocycles. The van der Waals surface area contributed by atoms with Crippen LogP contribution in [0.15, 0.2) is 58.3 Å². The first-order chi connectivity index (χ1) is 11.8. The summed E-state index contributed by atoms with van der Waals surface area (Å²) in [5.74, 6) is 0.667. The molecule has 0 spiro atoms. The number of hydrogen-bond donors (Lipinski definition) is 1. The average molecular weight is 380 g/mol. The van der Waals surface area contributed by atoms with Gasteiger partial charge in [0, 0.05) is 24.7 Å². The number of methoxy groups -OCH3 is 1. The van der Waals surface area contributed by atoms with Crippen LogP contribution in [0.5, 0.6) is 5.75 Å². The zero-order valence-corrected chi connectivity index (χ0v) is 15.9. The number of ether oxygens (including phenoxy) is 1. The largest absolute Gasteiger partial charge is 0.496 e. The van der Waals surface area contributed by atoms with Crippen molar-refractivity contribution in [1.82, 2.24) is 4.31 Å². The minimum Gasteiger partial charge on any atom is -0.496 e. The number of rotatable bonds is 7. The molecule has 1 amide bonds. The van der Waals surface area contributed by atoms with Crippen molar-refractivity contribution in [3.63, 3.8) is 0 Å². The molecule has 0 unspecified atom stereocenters. The predicted molar refractivity (Wildman–Crippen MR) is 99.7 cm³/mol. The van der Waals surface area contributed by atoms with Gasteiger partial charge in [0.1, 0.15) is 5.75 Å². The van der Waals surface area contributed by atoms with E-state index in [4.69, 9.17) is 4.74 Å². The van der Waals surface area contributed by atoms with Gasteiger partial charge in [-0.1, -0.05) is 18.2 Å². The number of sulfonamides is 1. The highest BCUT2D eigenvalue weighted by atomic mass is 32.2. The fourth-order valence-corrected chi connectivity index (χ4v) is 3.80. The normalized spacial score (nSPS) is 11.4. The Balaban J connectivity index is 2.04. The lowest BCUT2D eigenvalue weighted by atomic mass is 10.3. The smallest absolute Gasteiger partial charge is 0.242 e. The summed E-state index contributed by atoms with van der Waals surface area (Å²) in [5, 5.41) is 2.72. The summed E-state index contributed by atoms with van der Waals surface area (Å²) in [6, 6.07) is 13.6. The minimum atomic E-state index is -3.54. The molecule has 0 atom stereocenters. The molecule has 25 heavy (non-hydrogen) atoms. The fraction of sp³-hybridized carbons (Fsp3) is 0.235. The number of carbonyl (C=O) groups is 1. The van der Waals surface area contributed by atoms with Gasteiger partial charge >= 0.3 is 0 Å². The second-order valence-corrected chi connectivity index (χ2v) is 8.47. The van der Waals surface area contributed by atoms with E-state index in [0.29, 0.717) is 11.4 Å². The van der Waals surface area contributed by atoms with Gasteiger partial charge in [-0.3, -0.25) is 4.79 Å². The topological polar surface area (TPSA) is 75.7 Å². The Morgan fingerprint density at radius 3 is 2.56 bits per heavy atom. The van der Waals surface area contributed by atoms with Crippen LogP contribution < -0.4 is 10.1 Å². The van der Waals surface area contributed by atoms with Gasteiger partial charge in [0.25, 0.3) is 0 Å². The molecule has 0 radical (unpaired) electrons. The molecule has 8 heteroatoms. The van der Waals surface area contributed by atoms with Gasteiger partial charge in [-0.05, 0) is 30.3 Å². The molecule has 2 aromatic carbocycles. The number of carbonyl (C=O) groups excluding carboxylic acids is 1. The van der Waals surface area contributed by atoms with E-state index in [1.807, 2.05) is 24.3 Å². The highest BCUT2D eigenvalue weighted by molar-refractivity contribution is 8.00. The first-order valence-corrected chi connectivity index (χ1v) is 9.85. The molecule has 0 heterocycles. The summed E-state index contributed by atoms with van der Waals surface area (Å²) in [6.07, 6.45) is 0. The zero-order valence-electron chi connectivity index (χ0n) is 14.2. The number of hydrogen-bond acceptors (Lipinski definition) is 5. The van der Waals surface area contributed by atoms with Crippen molar-refractivity contribution in [2.75, 3.05) is 32.3 Å². The number of nitrogens with zero attached hydrogens (tertiary/aromatic N) is 1. The summed E-state index contributed by atoms with van der Waals surface area (Å²) < 4.78 is 30.7. The zero-order chi connectivity index (χ0) is 18.4. The summed E-state index contributed by atoms with van der Waals surface area (Å²) in [4.78, 5) is 13.1. The van der Waals surface area contributed by atoms with Crippen molar-refractivity contribution in [2.24, 2.45) is 0 Å². The number of para-hydroxylation sites is 1. The van der Waals surface area contributed by atoms with Gasteiger partial charge in [-0.25, -0.2) is 12.7 Å². The Hall–Kier alpha value is -2.03. The lowest BCUT2D eigenvalue weighted by Gasteiger charge is -2.13. The molecule has 6 nitrogen and oxygen atoms in total. The summed E-state index contributed by atoms with van der Waals surface area (Å²) in [6.45, 7) is 0. The molecule has 1 N–H and O–H groups in total. The fourth-order valence-electron chi connectivity index (χ4n) is 2.02. The van der Waals surface area contributed by atoms with E-state index in [0.717, 1.165) is 9.20 Å². The summed E-state index contributed by atoms with van der Waals surface area (Å²) >= 11 is 1.35. The average Bonchev–Trinajstić information content (AvgIpc) is 2.60. The van der Waals surface area contributed by atoms with E-state index in [9.17, 15) is 13.2 Å². The first-order valence-electron chi connectivity index (χ1n) is 7.43. The van der Waals surface area contributed by atoms with Crippen LogP contribution in [0, 0.1) is 0 Å². The van der Waals surface area contributed by atoms with E-state index >= 15 is 0 Å². The molecule has 2 rings (SSSR count). The second kappa shape index (κ2) is 8.37. The van der Waals surface area contributed by atoms with Gasteiger partial charge in [0.05, 0.1) is 17.8 Å². The highest BCUT2D eigenvalue weighted by Gasteiger charge is 2.17. The van der Waals surface area contributed by atoms with Crippen LogP contribution in [0.1, 0.15) is 0 Å². The van der Waals surface area contributed by atoms with Crippen molar-refractivity contribution >= 4 is 33.4 Å². The quantitative estimate of drug-likeness (QED) is 0.748. The lowest BCUT2D eigenvalue weighted by molar-refractivity contribution is -0.113. The van der Waals surface area contributed by atoms with Crippen LogP contribution in [-0.2, 0) is 14.8 Å². The molecule has 0 aromatic heterocycles. The van der Waals surface area contributed by atoms with Crippen molar-refractivity contribution < 1.29 is 17.9 Å². The van der Waals surface area contributed by atoms with Gasteiger partial charge < -0.3 is 10.1 Å². The second-order valence-electron chi connectivity index (χ2n) is 5.30. The Morgan fingerprint density at radius 1 is 1.16 bits per heavy atom. The van der Waals surface area contributed by atoms with Crippen LogP contribution in [0.25, 0.3) is 0 Å². The number of anilines is 1. The number of benzene rings is 2. The molecule has 0 aliphatic rings. The third-order valence-electron chi connectivity index (χ3n) is 3.32. The predicted octanol–water partition coefficient (Wildman–Crippen LogP) is 2.68. The summed E-state index contributed by atoms with van der Waals surface area (Å²) in [5.41, 5.74) is 0.438. The Labute approximate surface area is 152 Å². The van der Waals surface area contributed by atoms with Crippen LogP contribution in [0.2, 0.25) is 0 Å². The Kier molecular flexibility index (Phi) is 6.46. The Morgan fingerprint density at radius 2 is 1.88 bits per heavy atom. The van der Waals surface area contributed by atoms with Crippen LogP contribution in [0.3, 0.4) is 0 Å². The molecular formula is C17H20N2O4S2. The van der Waals surface area contributed by atoms with Crippen LogP contribution in [-0.4, -0.2) is 45.6 Å². The number of amides is 1. The van der Waals surface area contributed by atoms with Crippen LogP contribution >= 0.6 is 11.8 Å². The molecule has 134 valence electrons. The molecule has 0 aliphatic heterocycles. The SMILES string of the molecule is COc1ccccc1SCC(=O)Nc1cccc(S(=O)(=O)N(C)C)c1. The maximum absolute atomic E-state index is 12.1. The van der Waals surface area contributed by atoms with Crippen molar-refractivity contribution in [3.05, 3.63) is 48.5 Å². The van der Waals surface area contributed by atoms with E-state index in [2.05, 4.69) is 5.32 Å². The van der Waals surface area contributed by atoms with Gasteiger partial charge in [0.15, 0.2) is 0 Å². The molecule has 0 fully saturated rings. The number of thioether (sulfide) groups is 1. The molecule has 0 bridgehead atoms. The maximum Gasteiger partial charge on any atom is 0.242 e. The van der Waals surface area contributed by atoms with Gasteiger partial charge in [-0.15, -0.1) is 11.8 Å². The van der Waals surface area contributed by atoms with Gasteiger partial charge in [-0.2, -0.15) is 0 Å². The van der Waals surface area contributed by atoms with Crippen molar-refractivity contribution in [2.45, 2.75) is 9.79 Å². The van der Waals surface area contributed by atoms with E-state index in [1.54, 1.807) is 19.2 Å². The standard InChI is InChI=1S/C17H20N2O4S2/c1-19(2)25(21,22)14-8-6-7-13(11-14)18-17(20)12-24-16-10-5-4-9-15(16)23-3/h4-11H,12H2,1-3H3,(H,18,20). The molecule has 0 saturated carbocycles. The summed E-state index contributed by atoms with van der Waals surface area (Å²) in [7, 11) is 0.966. The molecule has 2 aromatic rings. The molecule has 0 aliphatic carbocycles. The first kappa shape index (κ1) is 19.3. The lowest BCUT2D eigenvalue weighted by Crippen LogP contribution is -2.22. The molecular weight excluding hydrogens is 360 g/mol. The third-order valence-corrected chi connectivity index (χ3v) is 6.19. The third kappa shape index (κ3) is 4.97. The minimum absolute atomic E-state index is 0.132. The highest BCUT2D eigenvalue weighted by Crippen LogP contribution is 2.28. The number of nitrogens with one attached hydrogen (secondary N) is 1. The maximum atomic E-state index is 12.1. The van der Waals surface area contributed by atoms with Crippen molar-refractivity contribution in [3.8, 4) is 5.75 Å². The van der Waals surface area contributed by atoms with E-state index < -0.39 is 10.0 Å². The van der Waals surface area contributed by atoms with Crippen molar-refractivity contribution in [1.29, 1.82) is 0 Å². The van der Waals surface area contributed by atoms with Crippen LogP contribution in [0.4, 0.5) is 5.69 Å².